The molecule has 2 aromatic rings. The maximum absolute atomic E-state index is 13.4. The zero-order chi connectivity index (χ0) is 19.0. The van der Waals surface area contributed by atoms with Crippen molar-refractivity contribution in [3.05, 3.63) is 47.3 Å². The van der Waals surface area contributed by atoms with E-state index in [1.54, 1.807) is 0 Å². The second kappa shape index (κ2) is 7.33. The number of carbonyl (C=O) groups is 1. The van der Waals surface area contributed by atoms with Crippen molar-refractivity contribution in [2.45, 2.75) is 50.7 Å². The fraction of sp³-hybridized carbons (Fsp3) is 0.545. The Balaban J connectivity index is 1.44. The van der Waals surface area contributed by atoms with Gasteiger partial charge in [-0.25, -0.2) is 4.68 Å². The van der Waals surface area contributed by atoms with Gasteiger partial charge in [-0.3, -0.25) is 4.79 Å². The summed E-state index contributed by atoms with van der Waals surface area (Å²) in [5.74, 6) is -0.405. The summed E-state index contributed by atoms with van der Waals surface area (Å²) in [4.78, 5) is 15.3. The van der Waals surface area contributed by atoms with Crippen LogP contribution in [0.1, 0.15) is 53.8 Å². The molecule has 1 spiro atoms. The van der Waals surface area contributed by atoms with Crippen LogP contribution in [0.3, 0.4) is 0 Å². The first-order valence-corrected chi connectivity index (χ1v) is 10.5. The van der Waals surface area contributed by atoms with Gasteiger partial charge in [0, 0.05) is 37.2 Å². The van der Waals surface area contributed by atoms with E-state index in [4.69, 9.17) is 14.6 Å². The molecular formula is C22H27N3O3. The van der Waals surface area contributed by atoms with E-state index in [0.717, 1.165) is 49.8 Å². The minimum Gasteiger partial charge on any atom is -0.347 e. The Morgan fingerprint density at radius 3 is 2.43 bits per heavy atom. The number of piperidine rings is 1. The molecule has 1 amide bonds. The maximum atomic E-state index is 13.4. The number of carbonyl (C=O) groups excluding carboxylic acids is 1. The SMILES string of the molecule is O=C(c1nn(-c2ccccc2)c2c1CCCCC2)N1CCC2(CC1)OCCO2. The van der Waals surface area contributed by atoms with Crippen LogP contribution in [-0.4, -0.2) is 52.7 Å². The van der Waals surface area contributed by atoms with E-state index in [2.05, 4.69) is 12.1 Å². The van der Waals surface area contributed by atoms with Crippen LogP contribution >= 0.6 is 0 Å². The van der Waals surface area contributed by atoms with E-state index in [9.17, 15) is 4.79 Å². The average molecular weight is 381 g/mol. The van der Waals surface area contributed by atoms with Gasteiger partial charge < -0.3 is 14.4 Å². The first kappa shape index (κ1) is 17.9. The van der Waals surface area contributed by atoms with E-state index in [0.29, 0.717) is 32.0 Å². The predicted octanol–water partition coefficient (Wildman–Crippen LogP) is 3.12. The minimum atomic E-state index is -0.461. The molecule has 2 fully saturated rings. The topological polar surface area (TPSA) is 56.6 Å². The van der Waals surface area contributed by atoms with Gasteiger partial charge in [-0.2, -0.15) is 5.10 Å². The molecule has 5 rings (SSSR count). The van der Waals surface area contributed by atoms with E-state index in [1.807, 2.05) is 27.8 Å². The molecule has 6 heteroatoms. The maximum Gasteiger partial charge on any atom is 0.274 e. The number of para-hydroxylation sites is 1. The van der Waals surface area contributed by atoms with Crippen LogP contribution in [0, 0.1) is 0 Å². The van der Waals surface area contributed by atoms with Gasteiger partial charge in [0.05, 0.1) is 18.9 Å². The van der Waals surface area contributed by atoms with Crippen molar-refractivity contribution in [1.82, 2.24) is 14.7 Å². The lowest BCUT2D eigenvalue weighted by Crippen LogP contribution is -2.47. The Kier molecular flexibility index (Phi) is 4.69. The van der Waals surface area contributed by atoms with Crippen LogP contribution in [-0.2, 0) is 22.3 Å². The third kappa shape index (κ3) is 3.14. The van der Waals surface area contributed by atoms with Crippen molar-refractivity contribution >= 4 is 5.91 Å². The molecule has 1 aromatic carbocycles. The monoisotopic (exact) mass is 381 g/mol. The first-order chi connectivity index (χ1) is 13.8. The predicted molar refractivity (Wildman–Crippen MR) is 105 cm³/mol. The summed E-state index contributed by atoms with van der Waals surface area (Å²) in [7, 11) is 0. The summed E-state index contributed by atoms with van der Waals surface area (Å²) in [6, 6.07) is 10.2. The van der Waals surface area contributed by atoms with E-state index >= 15 is 0 Å². The first-order valence-electron chi connectivity index (χ1n) is 10.5. The molecule has 0 unspecified atom stereocenters. The van der Waals surface area contributed by atoms with Crippen LogP contribution < -0.4 is 0 Å². The van der Waals surface area contributed by atoms with Gasteiger partial charge in [-0.1, -0.05) is 24.6 Å². The zero-order valence-electron chi connectivity index (χ0n) is 16.2. The lowest BCUT2D eigenvalue weighted by Gasteiger charge is -2.37. The second-order valence-corrected chi connectivity index (χ2v) is 7.98. The van der Waals surface area contributed by atoms with Crippen molar-refractivity contribution in [3.63, 3.8) is 0 Å². The van der Waals surface area contributed by atoms with Gasteiger partial charge in [-0.15, -0.1) is 0 Å². The number of aromatic nitrogens is 2. The number of ether oxygens (including phenoxy) is 2. The molecule has 2 saturated heterocycles. The van der Waals surface area contributed by atoms with Gasteiger partial charge in [0.1, 0.15) is 0 Å². The molecule has 148 valence electrons. The fourth-order valence-electron chi connectivity index (χ4n) is 4.72. The Hall–Kier alpha value is -2.18. The summed E-state index contributed by atoms with van der Waals surface area (Å²) >= 11 is 0. The molecular weight excluding hydrogens is 354 g/mol. The van der Waals surface area contributed by atoms with Gasteiger partial charge >= 0.3 is 0 Å². The normalized spacial score (nSPS) is 21.5. The molecule has 0 bridgehead atoms. The van der Waals surface area contributed by atoms with Crippen LogP contribution in [0.15, 0.2) is 30.3 Å². The number of amides is 1. The number of hydrogen-bond acceptors (Lipinski definition) is 4. The molecule has 0 radical (unpaired) electrons. The van der Waals surface area contributed by atoms with E-state index in [-0.39, 0.29) is 5.91 Å². The van der Waals surface area contributed by atoms with Crippen LogP contribution in [0.4, 0.5) is 0 Å². The minimum absolute atomic E-state index is 0.0562. The van der Waals surface area contributed by atoms with Crippen molar-refractivity contribution in [2.75, 3.05) is 26.3 Å². The highest BCUT2D eigenvalue weighted by atomic mass is 16.7. The highest BCUT2D eigenvalue weighted by Crippen LogP contribution is 2.33. The van der Waals surface area contributed by atoms with Crippen LogP contribution in [0.2, 0.25) is 0 Å². The van der Waals surface area contributed by atoms with Gasteiger partial charge in [0.2, 0.25) is 0 Å². The third-order valence-corrected chi connectivity index (χ3v) is 6.26. The summed E-state index contributed by atoms with van der Waals surface area (Å²) in [5, 5.41) is 4.83. The highest BCUT2D eigenvalue weighted by Gasteiger charge is 2.41. The van der Waals surface area contributed by atoms with Gasteiger partial charge in [-0.05, 0) is 37.8 Å². The van der Waals surface area contributed by atoms with Crippen LogP contribution in [0.5, 0.6) is 0 Å². The molecule has 6 nitrogen and oxygen atoms in total. The van der Waals surface area contributed by atoms with E-state index < -0.39 is 5.79 Å². The molecule has 0 N–H and O–H groups in total. The standard InChI is InChI=1S/C22H27N3O3/c26-21(24-13-11-22(12-14-24)27-15-16-28-22)20-18-9-5-2-6-10-19(18)25(23-20)17-7-3-1-4-8-17/h1,3-4,7-8H,2,5-6,9-16H2. The smallest absolute Gasteiger partial charge is 0.274 e. The fourth-order valence-corrected chi connectivity index (χ4v) is 4.72. The Morgan fingerprint density at radius 1 is 0.964 bits per heavy atom. The van der Waals surface area contributed by atoms with Crippen LogP contribution in [0.25, 0.3) is 5.69 Å². The lowest BCUT2D eigenvalue weighted by atomic mass is 10.0. The number of rotatable bonds is 2. The number of nitrogens with zero attached hydrogens (tertiary/aromatic N) is 3. The zero-order valence-corrected chi connectivity index (χ0v) is 16.2. The number of hydrogen-bond donors (Lipinski definition) is 0. The van der Waals surface area contributed by atoms with Crippen molar-refractivity contribution in [2.24, 2.45) is 0 Å². The molecule has 3 heterocycles. The quantitative estimate of drug-likeness (QED) is 0.750. The Bertz CT molecular complexity index is 845. The van der Waals surface area contributed by atoms with E-state index in [1.165, 1.54) is 12.1 Å². The van der Waals surface area contributed by atoms with Crippen molar-refractivity contribution in [3.8, 4) is 5.69 Å². The van der Waals surface area contributed by atoms with Crippen molar-refractivity contribution < 1.29 is 14.3 Å². The number of likely N-dealkylation sites (tertiary alicyclic amines) is 1. The molecule has 1 aliphatic carbocycles. The number of fused-ring (bicyclic) bond motifs is 1. The Labute approximate surface area is 165 Å². The van der Waals surface area contributed by atoms with Crippen molar-refractivity contribution in [1.29, 1.82) is 0 Å². The summed E-state index contributed by atoms with van der Waals surface area (Å²) in [6.07, 6.45) is 6.87. The number of benzene rings is 1. The summed E-state index contributed by atoms with van der Waals surface area (Å²) < 4.78 is 13.6. The molecule has 1 aromatic heterocycles. The summed E-state index contributed by atoms with van der Waals surface area (Å²) in [6.45, 7) is 2.63. The lowest BCUT2D eigenvalue weighted by molar-refractivity contribution is -0.181. The molecule has 0 saturated carbocycles. The Morgan fingerprint density at radius 2 is 1.68 bits per heavy atom. The summed E-state index contributed by atoms with van der Waals surface area (Å²) in [5.41, 5.74) is 4.04. The third-order valence-electron chi connectivity index (χ3n) is 6.26. The molecule has 2 aliphatic heterocycles. The largest absolute Gasteiger partial charge is 0.347 e. The van der Waals surface area contributed by atoms with Gasteiger partial charge in [0.15, 0.2) is 11.5 Å². The molecule has 0 atom stereocenters. The average Bonchev–Trinajstić information content (AvgIpc) is 3.26. The molecule has 28 heavy (non-hydrogen) atoms. The van der Waals surface area contributed by atoms with Gasteiger partial charge in [0.25, 0.3) is 5.91 Å². The highest BCUT2D eigenvalue weighted by molar-refractivity contribution is 5.94. The second-order valence-electron chi connectivity index (χ2n) is 7.98. The molecule has 3 aliphatic rings.